The van der Waals surface area contributed by atoms with Gasteiger partial charge >= 0.3 is 6.61 Å². The lowest BCUT2D eigenvalue weighted by Gasteiger charge is -2.37. The first-order valence-electron chi connectivity index (χ1n) is 9.33. The number of halogens is 2. The quantitative estimate of drug-likeness (QED) is 0.846. The molecule has 2 N–H and O–H groups in total. The Hall–Kier alpha value is -2.22. The normalized spacial score (nSPS) is 23.0. The van der Waals surface area contributed by atoms with Gasteiger partial charge in [-0.1, -0.05) is 18.6 Å². The molecule has 3 rings (SSSR count). The van der Waals surface area contributed by atoms with Crippen molar-refractivity contribution in [1.82, 2.24) is 9.80 Å². The van der Waals surface area contributed by atoms with Crippen LogP contribution in [0.15, 0.2) is 24.3 Å². The molecule has 0 aromatic heterocycles. The average molecular weight is 381 g/mol. The van der Waals surface area contributed by atoms with Crippen LogP contribution in [0.3, 0.4) is 0 Å². The van der Waals surface area contributed by atoms with Gasteiger partial charge in [-0.05, 0) is 37.4 Å². The van der Waals surface area contributed by atoms with Gasteiger partial charge in [0.1, 0.15) is 5.75 Å². The SMILES string of the molecule is NC[C@H]1CCC[C@H]1C(=O)N1CCN(C(=O)c2ccccc2OC(F)F)CC1. The van der Waals surface area contributed by atoms with Gasteiger partial charge in [0.15, 0.2) is 0 Å². The Kier molecular flexibility index (Phi) is 6.26. The molecule has 2 atom stereocenters. The third kappa shape index (κ3) is 4.37. The molecular weight excluding hydrogens is 356 g/mol. The predicted molar refractivity (Wildman–Crippen MR) is 95.4 cm³/mol. The zero-order valence-electron chi connectivity index (χ0n) is 15.2. The van der Waals surface area contributed by atoms with Crippen molar-refractivity contribution in [2.75, 3.05) is 32.7 Å². The molecule has 0 unspecified atom stereocenters. The molecule has 2 fully saturated rings. The van der Waals surface area contributed by atoms with Crippen LogP contribution in [0.1, 0.15) is 29.6 Å². The number of alkyl halides is 2. The van der Waals surface area contributed by atoms with Crippen LogP contribution in [0, 0.1) is 11.8 Å². The van der Waals surface area contributed by atoms with E-state index in [9.17, 15) is 18.4 Å². The van der Waals surface area contributed by atoms with Gasteiger partial charge in [0, 0.05) is 32.1 Å². The molecule has 6 nitrogen and oxygen atoms in total. The molecule has 148 valence electrons. The van der Waals surface area contributed by atoms with Crippen molar-refractivity contribution in [3.63, 3.8) is 0 Å². The molecule has 1 aromatic carbocycles. The lowest BCUT2D eigenvalue weighted by molar-refractivity contribution is -0.138. The maximum absolute atomic E-state index is 12.8. The number of benzene rings is 1. The molecular formula is C19H25F2N3O3. The zero-order valence-corrected chi connectivity index (χ0v) is 15.2. The standard InChI is InChI=1S/C19H25F2N3O3/c20-19(21)27-16-7-2-1-5-15(16)18(26)24-10-8-23(9-11-24)17(25)14-6-3-4-13(14)12-22/h1-2,5,7,13-14,19H,3-4,6,8-12,22H2/t13-,14-/m1/s1. The highest BCUT2D eigenvalue weighted by atomic mass is 19.3. The highest BCUT2D eigenvalue weighted by Crippen LogP contribution is 2.32. The van der Waals surface area contributed by atoms with E-state index in [-0.39, 0.29) is 35.0 Å². The molecule has 0 bridgehead atoms. The van der Waals surface area contributed by atoms with E-state index in [1.165, 1.54) is 12.1 Å². The Balaban J connectivity index is 1.61. The summed E-state index contributed by atoms with van der Waals surface area (Å²) in [5, 5.41) is 0. The third-order valence-electron chi connectivity index (χ3n) is 5.49. The number of nitrogens with zero attached hydrogens (tertiary/aromatic N) is 2. The van der Waals surface area contributed by atoms with E-state index in [2.05, 4.69) is 4.74 Å². The van der Waals surface area contributed by atoms with E-state index in [0.717, 1.165) is 19.3 Å². The number of ether oxygens (including phenoxy) is 1. The summed E-state index contributed by atoms with van der Waals surface area (Å²) >= 11 is 0. The van der Waals surface area contributed by atoms with Crippen LogP contribution < -0.4 is 10.5 Å². The van der Waals surface area contributed by atoms with Gasteiger partial charge in [0.25, 0.3) is 5.91 Å². The maximum atomic E-state index is 12.8. The molecule has 2 amide bonds. The van der Waals surface area contributed by atoms with Crippen molar-refractivity contribution in [1.29, 1.82) is 0 Å². The number of nitrogens with two attached hydrogens (primary N) is 1. The van der Waals surface area contributed by atoms with Crippen molar-refractivity contribution >= 4 is 11.8 Å². The van der Waals surface area contributed by atoms with E-state index in [4.69, 9.17) is 5.73 Å². The molecule has 2 aliphatic rings. The molecule has 1 heterocycles. The number of hydrogen-bond donors (Lipinski definition) is 1. The summed E-state index contributed by atoms with van der Waals surface area (Å²) in [7, 11) is 0. The van der Waals surface area contributed by atoms with Crippen LogP contribution in [0.5, 0.6) is 5.75 Å². The summed E-state index contributed by atoms with van der Waals surface area (Å²) in [6.45, 7) is -0.848. The van der Waals surface area contributed by atoms with Crippen molar-refractivity contribution < 1.29 is 23.1 Å². The summed E-state index contributed by atoms with van der Waals surface area (Å²) < 4.78 is 29.6. The highest BCUT2D eigenvalue weighted by molar-refractivity contribution is 5.97. The summed E-state index contributed by atoms with van der Waals surface area (Å²) in [5.41, 5.74) is 5.89. The fraction of sp³-hybridized carbons (Fsp3) is 0.579. The lowest BCUT2D eigenvalue weighted by atomic mass is 9.94. The minimum atomic E-state index is -2.99. The van der Waals surface area contributed by atoms with E-state index in [1.54, 1.807) is 21.9 Å². The first-order valence-corrected chi connectivity index (χ1v) is 9.33. The van der Waals surface area contributed by atoms with Crippen molar-refractivity contribution in [2.24, 2.45) is 17.6 Å². The molecule has 8 heteroatoms. The number of amides is 2. The van der Waals surface area contributed by atoms with Gasteiger partial charge in [0.2, 0.25) is 5.91 Å². The Morgan fingerprint density at radius 3 is 2.44 bits per heavy atom. The second-order valence-electron chi connectivity index (χ2n) is 7.03. The smallest absolute Gasteiger partial charge is 0.387 e. The Labute approximate surface area is 157 Å². The van der Waals surface area contributed by atoms with Crippen LogP contribution in [0.2, 0.25) is 0 Å². The third-order valence-corrected chi connectivity index (χ3v) is 5.49. The van der Waals surface area contributed by atoms with E-state index in [1.807, 2.05) is 0 Å². The zero-order chi connectivity index (χ0) is 19.4. The molecule has 0 radical (unpaired) electrons. The minimum Gasteiger partial charge on any atom is -0.434 e. The number of carbonyl (C=O) groups excluding carboxylic acids is 2. The summed E-state index contributed by atoms with van der Waals surface area (Å²) in [5.74, 6) is -0.142. The number of hydrogen-bond acceptors (Lipinski definition) is 4. The van der Waals surface area contributed by atoms with Crippen LogP contribution in [-0.2, 0) is 4.79 Å². The number of piperazine rings is 1. The fourth-order valence-corrected chi connectivity index (χ4v) is 4.02. The number of carbonyl (C=O) groups is 2. The fourth-order valence-electron chi connectivity index (χ4n) is 4.02. The lowest BCUT2D eigenvalue weighted by Crippen LogP contribution is -2.52. The first-order chi connectivity index (χ1) is 13.0. The van der Waals surface area contributed by atoms with Crippen molar-refractivity contribution in [3.8, 4) is 5.75 Å². The van der Waals surface area contributed by atoms with Crippen LogP contribution in [0.4, 0.5) is 8.78 Å². The van der Waals surface area contributed by atoms with Crippen LogP contribution >= 0.6 is 0 Å². The second kappa shape index (κ2) is 8.65. The number of para-hydroxylation sites is 1. The Bertz CT molecular complexity index is 678. The maximum Gasteiger partial charge on any atom is 0.387 e. The molecule has 27 heavy (non-hydrogen) atoms. The molecule has 1 aromatic rings. The Morgan fingerprint density at radius 1 is 1.11 bits per heavy atom. The highest BCUT2D eigenvalue weighted by Gasteiger charge is 2.36. The topological polar surface area (TPSA) is 75.9 Å². The molecule has 1 saturated heterocycles. The summed E-state index contributed by atoms with van der Waals surface area (Å²) in [4.78, 5) is 28.8. The molecule has 1 aliphatic heterocycles. The summed E-state index contributed by atoms with van der Waals surface area (Å²) in [6.07, 6.45) is 2.89. The van der Waals surface area contributed by atoms with Crippen molar-refractivity contribution in [2.45, 2.75) is 25.9 Å². The summed E-state index contributed by atoms with van der Waals surface area (Å²) in [6, 6.07) is 5.98. The van der Waals surface area contributed by atoms with Gasteiger partial charge in [-0.2, -0.15) is 8.78 Å². The van der Waals surface area contributed by atoms with Gasteiger partial charge in [-0.25, -0.2) is 0 Å². The van der Waals surface area contributed by atoms with Gasteiger partial charge in [-0.3, -0.25) is 9.59 Å². The van der Waals surface area contributed by atoms with E-state index in [0.29, 0.717) is 32.7 Å². The predicted octanol–water partition coefficient (Wildman–Crippen LogP) is 1.95. The van der Waals surface area contributed by atoms with Gasteiger partial charge in [0.05, 0.1) is 5.56 Å². The average Bonchev–Trinajstić information content (AvgIpc) is 3.16. The van der Waals surface area contributed by atoms with Crippen LogP contribution in [-0.4, -0.2) is 60.9 Å². The minimum absolute atomic E-state index is 0.0163. The van der Waals surface area contributed by atoms with Crippen molar-refractivity contribution in [3.05, 3.63) is 29.8 Å². The van der Waals surface area contributed by atoms with Gasteiger partial charge in [-0.15, -0.1) is 0 Å². The molecule has 1 aliphatic carbocycles. The first kappa shape index (κ1) is 19.5. The molecule has 1 saturated carbocycles. The molecule has 0 spiro atoms. The van der Waals surface area contributed by atoms with Gasteiger partial charge < -0.3 is 20.3 Å². The van der Waals surface area contributed by atoms with E-state index >= 15 is 0 Å². The largest absolute Gasteiger partial charge is 0.434 e. The van der Waals surface area contributed by atoms with E-state index < -0.39 is 6.61 Å². The van der Waals surface area contributed by atoms with Crippen LogP contribution in [0.25, 0.3) is 0 Å². The Morgan fingerprint density at radius 2 is 1.78 bits per heavy atom. The second-order valence-corrected chi connectivity index (χ2v) is 7.03. The monoisotopic (exact) mass is 381 g/mol. The number of rotatable bonds is 5.